The highest BCUT2D eigenvalue weighted by molar-refractivity contribution is 7.85. The summed E-state index contributed by atoms with van der Waals surface area (Å²) in [5.41, 5.74) is 0. The lowest BCUT2D eigenvalue weighted by atomic mass is 10.1. The smallest absolute Gasteiger partial charge is 0.267 e. The summed E-state index contributed by atoms with van der Waals surface area (Å²) in [5.74, 6) is -1.02. The van der Waals surface area contributed by atoms with Crippen LogP contribution in [0.2, 0.25) is 0 Å². The molecule has 0 aromatic carbocycles. The van der Waals surface area contributed by atoms with Crippen LogP contribution in [0.1, 0.15) is 226 Å². The van der Waals surface area contributed by atoms with Crippen molar-refractivity contribution in [3.05, 3.63) is 72.9 Å². The number of hydrogen-bond acceptors (Lipinski definition) is 4. The van der Waals surface area contributed by atoms with Crippen LogP contribution in [0.3, 0.4) is 0 Å². The van der Waals surface area contributed by atoms with E-state index in [0.717, 1.165) is 57.8 Å². The van der Waals surface area contributed by atoms with Gasteiger partial charge in [0.25, 0.3) is 10.1 Å². The Labute approximate surface area is 359 Å². The Balaban J connectivity index is 3.94. The summed E-state index contributed by atoms with van der Waals surface area (Å²) in [6.07, 6.45) is 63.3. The van der Waals surface area contributed by atoms with Crippen molar-refractivity contribution in [3.8, 4) is 0 Å². The second-order valence-electron chi connectivity index (χ2n) is 16.4. The lowest BCUT2D eigenvalue weighted by Crippen LogP contribution is -2.46. The Bertz CT molecular complexity index is 1190. The molecule has 1 amide bonds. The molecule has 2 unspecified atom stereocenters. The molecular formula is C51H91NO5S. The van der Waals surface area contributed by atoms with Gasteiger partial charge in [-0.25, -0.2) is 0 Å². The van der Waals surface area contributed by atoms with Crippen molar-refractivity contribution in [2.24, 2.45) is 0 Å². The number of carbonyl (C=O) groups excluding carboxylic acids is 1. The van der Waals surface area contributed by atoms with E-state index in [0.29, 0.717) is 12.8 Å². The van der Waals surface area contributed by atoms with Crippen molar-refractivity contribution < 1.29 is 22.9 Å². The first-order valence-corrected chi connectivity index (χ1v) is 25.7. The zero-order valence-electron chi connectivity index (χ0n) is 37.7. The number of nitrogens with one attached hydrogen (secondary N) is 1. The Morgan fingerprint density at radius 3 is 1.21 bits per heavy atom. The van der Waals surface area contributed by atoms with E-state index < -0.39 is 28.0 Å². The van der Waals surface area contributed by atoms with Crippen LogP contribution < -0.4 is 5.32 Å². The fraction of sp³-hybridized carbons (Fsp3) is 0.745. The van der Waals surface area contributed by atoms with E-state index in [-0.39, 0.29) is 12.3 Å². The Hall–Kier alpha value is -2.22. The SMILES string of the molecule is CCCCCCC/C=C\C/C=C\C/C=C\CCCCCCCCCCC(=O)NC(CS(=O)(=O)O)C(O)/C=C/CC/C=C/CC/C=C/CCCCCCCCCCCC. The summed E-state index contributed by atoms with van der Waals surface area (Å²) in [7, 11) is -4.37. The lowest BCUT2D eigenvalue weighted by Gasteiger charge is -2.21. The van der Waals surface area contributed by atoms with E-state index in [1.165, 1.54) is 141 Å². The van der Waals surface area contributed by atoms with Crippen LogP contribution in [0.25, 0.3) is 0 Å². The predicted molar refractivity (Wildman–Crippen MR) is 253 cm³/mol. The summed E-state index contributed by atoms with van der Waals surface area (Å²) in [4.78, 5) is 12.6. The van der Waals surface area contributed by atoms with Gasteiger partial charge in [-0.1, -0.05) is 209 Å². The molecule has 0 rings (SSSR count). The summed E-state index contributed by atoms with van der Waals surface area (Å²) >= 11 is 0. The van der Waals surface area contributed by atoms with Crippen molar-refractivity contribution in [1.82, 2.24) is 5.32 Å². The minimum atomic E-state index is -4.37. The molecule has 0 aliphatic heterocycles. The second kappa shape index (κ2) is 44.3. The highest BCUT2D eigenvalue weighted by Gasteiger charge is 2.24. The summed E-state index contributed by atoms with van der Waals surface area (Å²) < 4.78 is 32.6. The first kappa shape index (κ1) is 55.8. The van der Waals surface area contributed by atoms with Crippen molar-refractivity contribution in [3.63, 3.8) is 0 Å². The zero-order chi connectivity index (χ0) is 42.5. The maximum absolute atomic E-state index is 12.6. The van der Waals surface area contributed by atoms with Gasteiger partial charge >= 0.3 is 0 Å². The lowest BCUT2D eigenvalue weighted by molar-refractivity contribution is -0.122. The quantitative estimate of drug-likeness (QED) is 0.0323. The van der Waals surface area contributed by atoms with Gasteiger partial charge in [-0.2, -0.15) is 8.42 Å². The molecule has 58 heavy (non-hydrogen) atoms. The van der Waals surface area contributed by atoms with E-state index in [9.17, 15) is 22.9 Å². The van der Waals surface area contributed by atoms with Gasteiger partial charge < -0.3 is 10.4 Å². The largest absolute Gasteiger partial charge is 0.387 e. The first-order valence-electron chi connectivity index (χ1n) is 24.1. The van der Waals surface area contributed by atoms with E-state index in [1.54, 1.807) is 6.08 Å². The molecule has 0 fully saturated rings. The molecule has 7 heteroatoms. The van der Waals surface area contributed by atoms with E-state index in [1.807, 2.05) is 0 Å². The van der Waals surface area contributed by atoms with E-state index >= 15 is 0 Å². The molecule has 0 aromatic heterocycles. The molecule has 0 saturated carbocycles. The highest BCUT2D eigenvalue weighted by atomic mass is 32.2. The number of aliphatic hydroxyl groups is 1. The van der Waals surface area contributed by atoms with Crippen molar-refractivity contribution >= 4 is 16.0 Å². The number of aliphatic hydroxyl groups excluding tert-OH is 1. The van der Waals surface area contributed by atoms with Gasteiger partial charge in [-0.3, -0.25) is 9.35 Å². The molecule has 0 aliphatic rings. The monoisotopic (exact) mass is 830 g/mol. The summed E-state index contributed by atoms with van der Waals surface area (Å²) in [6, 6.07) is -1.09. The van der Waals surface area contributed by atoms with Crippen LogP contribution >= 0.6 is 0 Å². The summed E-state index contributed by atoms with van der Waals surface area (Å²) in [5, 5.41) is 13.3. The third-order valence-corrected chi connectivity index (χ3v) is 11.4. The van der Waals surface area contributed by atoms with Crippen LogP contribution in [-0.2, 0) is 14.9 Å². The number of allylic oxidation sites excluding steroid dienone is 11. The van der Waals surface area contributed by atoms with Gasteiger partial charge in [0.05, 0.1) is 17.9 Å². The molecule has 2 atom stereocenters. The zero-order valence-corrected chi connectivity index (χ0v) is 38.5. The molecular weight excluding hydrogens is 739 g/mol. The van der Waals surface area contributed by atoms with Gasteiger partial charge in [-0.15, -0.1) is 0 Å². The van der Waals surface area contributed by atoms with E-state index in [2.05, 4.69) is 79.9 Å². The number of hydrogen-bond donors (Lipinski definition) is 3. The minimum Gasteiger partial charge on any atom is -0.387 e. The number of amides is 1. The molecule has 0 spiro atoms. The maximum atomic E-state index is 12.6. The van der Waals surface area contributed by atoms with Gasteiger partial charge in [0.1, 0.15) is 0 Å². The van der Waals surface area contributed by atoms with Gasteiger partial charge in [0.2, 0.25) is 5.91 Å². The normalized spacial score (nSPS) is 13.8. The van der Waals surface area contributed by atoms with Gasteiger partial charge in [0, 0.05) is 6.42 Å². The third-order valence-electron chi connectivity index (χ3n) is 10.6. The molecule has 3 N–H and O–H groups in total. The minimum absolute atomic E-state index is 0.273. The number of unbranched alkanes of at least 4 members (excludes halogenated alkanes) is 25. The first-order chi connectivity index (χ1) is 28.3. The Morgan fingerprint density at radius 2 is 0.793 bits per heavy atom. The molecule has 0 aliphatic carbocycles. The standard InChI is InChI=1S/C51H91NO5S/c1-3-5-7-9-11-13-15-17-19-21-23-25-26-27-29-31-33-35-37-39-41-43-45-47-51(54)52-49(48-58(55,56)57)50(53)46-44-42-40-38-36-34-32-30-28-24-22-20-18-16-14-12-10-8-6-4-2/h15,17,21,23,26-28,30,36,38,44,46,49-50,53H,3-14,16,18-20,22,24-25,29,31-35,37,39-43,45,47-48H2,1-2H3,(H,52,54)(H,55,56,57)/b17-15-,23-21-,27-26-,30-28+,38-36+,46-44+. The van der Waals surface area contributed by atoms with Crippen LogP contribution in [0, 0.1) is 0 Å². The average Bonchev–Trinajstić information content (AvgIpc) is 3.19. The summed E-state index contributed by atoms with van der Waals surface area (Å²) in [6.45, 7) is 4.53. The highest BCUT2D eigenvalue weighted by Crippen LogP contribution is 2.14. The molecule has 0 radical (unpaired) electrons. The van der Waals surface area contributed by atoms with Crippen molar-refractivity contribution in [1.29, 1.82) is 0 Å². The van der Waals surface area contributed by atoms with Crippen LogP contribution in [-0.4, -0.2) is 41.9 Å². The number of carbonyl (C=O) groups is 1. The van der Waals surface area contributed by atoms with E-state index in [4.69, 9.17) is 0 Å². The van der Waals surface area contributed by atoms with Gasteiger partial charge in [-0.05, 0) is 83.5 Å². The van der Waals surface area contributed by atoms with Crippen molar-refractivity contribution in [2.75, 3.05) is 5.75 Å². The maximum Gasteiger partial charge on any atom is 0.267 e. The topological polar surface area (TPSA) is 104 Å². The fourth-order valence-electron chi connectivity index (χ4n) is 6.96. The van der Waals surface area contributed by atoms with Crippen LogP contribution in [0.4, 0.5) is 0 Å². The molecule has 0 heterocycles. The Kier molecular flexibility index (Phi) is 42.6. The molecule has 336 valence electrons. The Morgan fingerprint density at radius 1 is 0.466 bits per heavy atom. The third kappa shape index (κ3) is 44.9. The van der Waals surface area contributed by atoms with Gasteiger partial charge in [0.15, 0.2) is 0 Å². The fourth-order valence-corrected chi connectivity index (χ4v) is 7.69. The molecule has 0 saturated heterocycles. The second-order valence-corrected chi connectivity index (χ2v) is 17.9. The molecule has 0 bridgehead atoms. The number of rotatable bonds is 43. The molecule has 6 nitrogen and oxygen atoms in total. The van der Waals surface area contributed by atoms with Crippen LogP contribution in [0.15, 0.2) is 72.9 Å². The average molecular weight is 830 g/mol. The van der Waals surface area contributed by atoms with Crippen molar-refractivity contribution in [2.45, 2.75) is 238 Å². The molecule has 0 aromatic rings. The predicted octanol–water partition coefficient (Wildman–Crippen LogP) is 15.0. The van der Waals surface area contributed by atoms with Crippen LogP contribution in [0.5, 0.6) is 0 Å².